The van der Waals surface area contributed by atoms with Gasteiger partial charge in [-0.2, -0.15) is 8.42 Å². The lowest BCUT2D eigenvalue weighted by molar-refractivity contribution is -0.150. The van der Waals surface area contributed by atoms with Gasteiger partial charge >= 0.3 is 5.97 Å². The third-order valence-electron chi connectivity index (χ3n) is 5.22. The molecule has 31 heavy (non-hydrogen) atoms. The molecule has 2 heterocycles. The van der Waals surface area contributed by atoms with Crippen molar-refractivity contribution in [2.45, 2.75) is 17.7 Å². The Hall–Kier alpha value is -2.29. The van der Waals surface area contributed by atoms with Crippen LogP contribution in [0.3, 0.4) is 0 Å². The fourth-order valence-corrected chi connectivity index (χ4v) is 5.34. The zero-order chi connectivity index (χ0) is 22.0. The number of hydrogen-bond acceptors (Lipinski definition) is 6. The number of likely N-dealkylation sites (tertiary alicyclic amines) is 1. The highest BCUT2D eigenvalue weighted by Crippen LogP contribution is 2.30. The third-order valence-corrected chi connectivity index (χ3v) is 7.08. The molecule has 2 aliphatic heterocycles. The molecule has 4 rings (SSSR count). The molecule has 7 nitrogen and oxygen atoms in total. The summed E-state index contributed by atoms with van der Waals surface area (Å²) in [6.07, 6.45) is 1.12. The molecular formula is C21H20Cl2N2O5S. The molecule has 1 saturated heterocycles. The minimum atomic E-state index is -3.65. The number of carbonyl (C=O) groups is 1. The molecule has 0 aromatic heterocycles. The number of piperidine rings is 1. The molecule has 0 radical (unpaired) electrons. The smallest absolute Gasteiger partial charge is 0.309 e. The molecule has 0 unspecified atom stereocenters. The van der Waals surface area contributed by atoms with Crippen molar-refractivity contribution < 1.29 is 22.7 Å². The van der Waals surface area contributed by atoms with E-state index < -0.39 is 10.0 Å². The largest absolute Gasteiger partial charge is 0.488 e. The number of carbonyl (C=O) groups excluding carboxylic acids is 1. The van der Waals surface area contributed by atoms with E-state index in [1.54, 1.807) is 42.5 Å². The molecule has 10 heteroatoms. The molecule has 164 valence electrons. The van der Waals surface area contributed by atoms with E-state index in [-0.39, 0.29) is 30.0 Å². The van der Waals surface area contributed by atoms with Gasteiger partial charge in [0.05, 0.1) is 10.9 Å². The van der Waals surface area contributed by atoms with Crippen LogP contribution >= 0.6 is 23.2 Å². The molecule has 2 aliphatic rings. The van der Waals surface area contributed by atoms with Crippen molar-refractivity contribution >= 4 is 45.0 Å². The van der Waals surface area contributed by atoms with Crippen molar-refractivity contribution in [1.82, 2.24) is 4.90 Å². The van der Waals surface area contributed by atoms with Crippen molar-refractivity contribution in [2.24, 2.45) is 10.3 Å². The second kappa shape index (κ2) is 9.06. The number of halogens is 2. The van der Waals surface area contributed by atoms with Gasteiger partial charge in [0.25, 0.3) is 10.0 Å². The minimum absolute atomic E-state index is 0.107. The van der Waals surface area contributed by atoms with Gasteiger partial charge in [-0.1, -0.05) is 35.3 Å². The standard InChI is InChI=1S/C21H20Cl2N2O5S/c22-15-5-6-18(17(23)13-15)29-11-12-30-21(26)14-7-9-25(10-8-14)20-16-3-1-2-4-19(16)31(27,28)24-20/h1-6,13-14H,7-12H2. The maximum atomic E-state index is 12.4. The Morgan fingerprint density at radius 1 is 1.10 bits per heavy atom. The van der Waals surface area contributed by atoms with Crippen LogP contribution in [0.25, 0.3) is 0 Å². The van der Waals surface area contributed by atoms with E-state index in [4.69, 9.17) is 32.7 Å². The van der Waals surface area contributed by atoms with E-state index >= 15 is 0 Å². The van der Waals surface area contributed by atoms with E-state index in [1.807, 2.05) is 4.90 Å². The molecule has 0 aliphatic carbocycles. The first-order valence-corrected chi connectivity index (χ1v) is 12.0. The summed E-state index contributed by atoms with van der Waals surface area (Å²) in [6.45, 7) is 1.34. The van der Waals surface area contributed by atoms with Crippen LogP contribution in [0.5, 0.6) is 5.75 Å². The Bertz CT molecular complexity index is 1130. The monoisotopic (exact) mass is 482 g/mol. The van der Waals surface area contributed by atoms with E-state index in [2.05, 4.69) is 4.40 Å². The predicted molar refractivity (Wildman–Crippen MR) is 117 cm³/mol. The summed E-state index contributed by atoms with van der Waals surface area (Å²) in [5.74, 6) is 0.398. The summed E-state index contributed by atoms with van der Waals surface area (Å²) in [6, 6.07) is 11.7. The maximum Gasteiger partial charge on any atom is 0.309 e. The van der Waals surface area contributed by atoms with Crippen LogP contribution in [0.15, 0.2) is 51.8 Å². The Morgan fingerprint density at radius 2 is 1.84 bits per heavy atom. The topological polar surface area (TPSA) is 85.3 Å². The van der Waals surface area contributed by atoms with Gasteiger partial charge in [0.1, 0.15) is 23.9 Å². The quantitative estimate of drug-likeness (QED) is 0.476. The van der Waals surface area contributed by atoms with Crippen LogP contribution in [-0.4, -0.2) is 51.4 Å². The summed E-state index contributed by atoms with van der Waals surface area (Å²) < 4.78 is 39.3. The number of esters is 1. The zero-order valence-electron chi connectivity index (χ0n) is 16.5. The van der Waals surface area contributed by atoms with Crippen LogP contribution in [0.1, 0.15) is 18.4 Å². The first-order valence-electron chi connectivity index (χ1n) is 9.79. The van der Waals surface area contributed by atoms with Gasteiger partial charge in [0.15, 0.2) is 5.84 Å². The number of ether oxygens (including phenoxy) is 2. The highest BCUT2D eigenvalue weighted by atomic mass is 35.5. The van der Waals surface area contributed by atoms with Crippen molar-refractivity contribution in [3.05, 3.63) is 58.1 Å². The average molecular weight is 483 g/mol. The van der Waals surface area contributed by atoms with E-state index in [9.17, 15) is 13.2 Å². The van der Waals surface area contributed by atoms with Crippen molar-refractivity contribution in [2.75, 3.05) is 26.3 Å². The fourth-order valence-electron chi connectivity index (χ4n) is 3.65. The molecule has 0 spiro atoms. The normalized spacial score (nSPS) is 17.7. The summed E-state index contributed by atoms with van der Waals surface area (Å²) in [5.41, 5.74) is 0.613. The van der Waals surface area contributed by atoms with Crippen molar-refractivity contribution in [1.29, 1.82) is 0 Å². The van der Waals surface area contributed by atoms with Gasteiger partial charge in [0.2, 0.25) is 0 Å². The van der Waals surface area contributed by atoms with Crippen LogP contribution in [0.4, 0.5) is 0 Å². The van der Waals surface area contributed by atoms with Gasteiger partial charge in [0, 0.05) is 23.7 Å². The van der Waals surface area contributed by atoms with E-state index in [0.29, 0.717) is 53.1 Å². The Kier molecular flexibility index (Phi) is 6.41. The van der Waals surface area contributed by atoms with Crippen LogP contribution in [0.2, 0.25) is 10.0 Å². The van der Waals surface area contributed by atoms with Crippen LogP contribution in [-0.2, 0) is 19.6 Å². The van der Waals surface area contributed by atoms with E-state index in [1.165, 1.54) is 0 Å². The van der Waals surface area contributed by atoms with Crippen molar-refractivity contribution in [3.63, 3.8) is 0 Å². The van der Waals surface area contributed by atoms with Crippen molar-refractivity contribution in [3.8, 4) is 5.75 Å². The summed E-state index contributed by atoms with van der Waals surface area (Å²) in [5, 5.41) is 0.907. The number of nitrogens with zero attached hydrogens (tertiary/aromatic N) is 2. The highest BCUT2D eigenvalue weighted by molar-refractivity contribution is 7.90. The molecule has 0 bridgehead atoms. The van der Waals surface area contributed by atoms with Gasteiger partial charge in [-0.05, 0) is 43.2 Å². The average Bonchev–Trinajstić information content (AvgIpc) is 3.03. The fraction of sp³-hybridized carbons (Fsp3) is 0.333. The lowest BCUT2D eigenvalue weighted by Crippen LogP contribution is -2.40. The summed E-state index contributed by atoms with van der Waals surface area (Å²) >= 11 is 11.9. The zero-order valence-corrected chi connectivity index (χ0v) is 18.8. The first-order chi connectivity index (χ1) is 14.8. The summed E-state index contributed by atoms with van der Waals surface area (Å²) in [4.78, 5) is 14.5. The second-order valence-electron chi connectivity index (χ2n) is 7.24. The second-order valence-corrected chi connectivity index (χ2v) is 9.65. The lowest BCUT2D eigenvalue weighted by Gasteiger charge is -2.32. The first kappa shape index (κ1) is 21.9. The minimum Gasteiger partial charge on any atom is -0.488 e. The molecular weight excluding hydrogens is 463 g/mol. The maximum absolute atomic E-state index is 12.4. The van der Waals surface area contributed by atoms with Gasteiger partial charge < -0.3 is 14.4 Å². The Morgan fingerprint density at radius 3 is 2.58 bits per heavy atom. The predicted octanol–water partition coefficient (Wildman–Crippen LogP) is 3.78. The Balaban J connectivity index is 1.26. The number of rotatable bonds is 5. The summed E-state index contributed by atoms with van der Waals surface area (Å²) in [7, 11) is -3.65. The van der Waals surface area contributed by atoms with Crippen LogP contribution in [0, 0.1) is 5.92 Å². The molecule has 2 aromatic rings. The van der Waals surface area contributed by atoms with Gasteiger partial charge in [-0.25, -0.2) is 0 Å². The van der Waals surface area contributed by atoms with Gasteiger partial charge in [-0.3, -0.25) is 4.79 Å². The number of sulfonamides is 1. The van der Waals surface area contributed by atoms with Crippen LogP contribution < -0.4 is 4.74 Å². The SMILES string of the molecule is O=C(OCCOc1ccc(Cl)cc1Cl)C1CCN(C2=NS(=O)(=O)c3ccccc32)CC1. The molecule has 1 fully saturated rings. The lowest BCUT2D eigenvalue weighted by atomic mass is 9.96. The molecule has 2 aromatic carbocycles. The molecule has 0 amide bonds. The number of benzene rings is 2. The Labute approximate surface area is 190 Å². The number of hydrogen-bond donors (Lipinski definition) is 0. The van der Waals surface area contributed by atoms with E-state index in [0.717, 1.165) is 0 Å². The molecule has 0 saturated carbocycles. The molecule has 0 atom stereocenters. The molecule has 0 N–H and O–H groups in total. The number of fused-ring (bicyclic) bond motifs is 1. The third kappa shape index (κ3) is 4.81. The van der Waals surface area contributed by atoms with Gasteiger partial charge in [-0.15, -0.1) is 4.40 Å². The highest BCUT2D eigenvalue weighted by Gasteiger charge is 2.34. The number of amidine groups is 1.